The van der Waals surface area contributed by atoms with Crippen molar-refractivity contribution in [2.24, 2.45) is 21.5 Å². The minimum Gasteiger partial charge on any atom is -0.394 e. The Labute approximate surface area is 342 Å². The number of fused-ring (bicyclic) bond motifs is 1. The third-order valence-corrected chi connectivity index (χ3v) is 9.71. The van der Waals surface area contributed by atoms with Crippen molar-refractivity contribution in [2.45, 2.75) is 119 Å². The number of hydroxylamine groups is 2. The summed E-state index contributed by atoms with van der Waals surface area (Å²) in [5.74, 6) is -0.730. The number of aromatic nitrogens is 2. The molecule has 0 spiro atoms. The number of carbonyl (C=O) groups is 3. The Balaban J connectivity index is 0.000000289. The zero-order valence-electron chi connectivity index (χ0n) is 36.6. The molecule has 0 bridgehead atoms. The molecule has 1 fully saturated rings. The van der Waals surface area contributed by atoms with Crippen molar-refractivity contribution in [1.29, 1.82) is 0 Å². The highest BCUT2D eigenvalue weighted by Gasteiger charge is 2.22. The quantitative estimate of drug-likeness (QED) is 0.173. The number of nitrogens with two attached hydrogens (primary N) is 2. The topological polar surface area (TPSA) is 194 Å². The average Bonchev–Trinajstić information content (AvgIpc) is 3.64. The summed E-state index contributed by atoms with van der Waals surface area (Å²) in [4.78, 5) is 53.2. The smallest absolute Gasteiger partial charge is 0.292 e. The molecule has 4 aliphatic rings. The Hall–Kier alpha value is -4.12. The van der Waals surface area contributed by atoms with Crippen molar-refractivity contribution in [3.8, 4) is 0 Å². The fraction of sp³-hybridized carbons (Fsp3) is 0.707. The van der Waals surface area contributed by atoms with Crippen LogP contribution in [0, 0.1) is 0 Å². The van der Waals surface area contributed by atoms with Gasteiger partial charge in [0.2, 0.25) is 0 Å². The molecule has 6 N–H and O–H groups in total. The molecule has 1 aromatic rings. The van der Waals surface area contributed by atoms with Gasteiger partial charge in [-0.2, -0.15) is 5.10 Å². The highest BCUT2D eigenvalue weighted by atomic mass is 16.5. The molecule has 1 saturated heterocycles. The van der Waals surface area contributed by atoms with Crippen LogP contribution in [-0.2, 0) is 22.7 Å². The number of aliphatic imine (C=N–C) groups is 2. The van der Waals surface area contributed by atoms with E-state index in [0.29, 0.717) is 35.1 Å². The van der Waals surface area contributed by atoms with Crippen LogP contribution in [0.4, 0.5) is 0 Å². The molecule has 16 nitrogen and oxygen atoms in total. The highest BCUT2D eigenvalue weighted by molar-refractivity contribution is 6.05. The van der Waals surface area contributed by atoms with Gasteiger partial charge < -0.3 is 26.6 Å². The summed E-state index contributed by atoms with van der Waals surface area (Å²) in [6.07, 6.45) is 8.65. The standard InChI is InChI=1S/C15H26N4O.C12H22N4O2.C12H20N4O.C2H6/c1-12(2)19-9-5-6-17-13(11-19)10-14(16)15(20)18-7-3-4-8-18;1-9(2)16-6-4-5-14-10(8-16)7-11(13)12(17)15(3)18;1-9(2)13-12(17)11-7-10-8-15(3)5-4-6-16(10)14-11;1-2/h10,12H,3-9,11,16H2,1-2H3;7,9,18H,4-6,8,13H2,1-3H3;7,9H,4-6,8H2,1-3H3,(H,13,17);1-2H3/b14-10-;11-7-;;. The molecule has 5 heterocycles. The summed E-state index contributed by atoms with van der Waals surface area (Å²) in [5.41, 5.74) is 15.3. The van der Waals surface area contributed by atoms with Gasteiger partial charge in [-0.15, -0.1) is 0 Å². The van der Waals surface area contributed by atoms with Crippen molar-refractivity contribution >= 4 is 29.1 Å². The van der Waals surface area contributed by atoms with Crippen LogP contribution in [-0.4, -0.2) is 160 Å². The lowest BCUT2D eigenvalue weighted by Gasteiger charge is -2.24. The number of rotatable bonds is 8. The van der Waals surface area contributed by atoms with E-state index in [1.165, 1.54) is 7.05 Å². The molecule has 0 saturated carbocycles. The molecule has 0 unspecified atom stereocenters. The largest absolute Gasteiger partial charge is 0.394 e. The number of aryl methyl sites for hydroxylation is 1. The average molecular weight is 799 g/mol. The molecule has 57 heavy (non-hydrogen) atoms. The second kappa shape index (κ2) is 25.3. The number of hydrogen-bond donors (Lipinski definition) is 4. The van der Waals surface area contributed by atoms with Crippen LogP contribution in [0.5, 0.6) is 0 Å². The van der Waals surface area contributed by atoms with Gasteiger partial charge >= 0.3 is 0 Å². The lowest BCUT2D eigenvalue weighted by molar-refractivity contribution is -0.154. The molecule has 16 heteroatoms. The zero-order chi connectivity index (χ0) is 42.7. The maximum atomic E-state index is 12.2. The summed E-state index contributed by atoms with van der Waals surface area (Å²) >= 11 is 0. The van der Waals surface area contributed by atoms with Gasteiger partial charge in [-0.05, 0) is 98.9 Å². The molecule has 1 aromatic heterocycles. The van der Waals surface area contributed by atoms with Gasteiger partial charge in [-0.25, -0.2) is 5.06 Å². The molecular weight excluding hydrogens is 725 g/mol. The molecule has 0 radical (unpaired) electrons. The summed E-state index contributed by atoms with van der Waals surface area (Å²) in [5, 5.41) is 16.7. The second-order valence-corrected chi connectivity index (χ2v) is 15.6. The monoisotopic (exact) mass is 799 g/mol. The maximum absolute atomic E-state index is 12.2. The first-order chi connectivity index (χ1) is 27.0. The predicted molar refractivity (Wildman–Crippen MR) is 229 cm³/mol. The zero-order valence-corrected chi connectivity index (χ0v) is 36.6. The van der Waals surface area contributed by atoms with Crippen LogP contribution in [0.15, 0.2) is 39.6 Å². The molecule has 0 aliphatic carbocycles. The molecule has 5 rings (SSSR count). The van der Waals surface area contributed by atoms with E-state index < -0.39 is 5.91 Å². The van der Waals surface area contributed by atoms with Gasteiger partial charge in [-0.1, -0.05) is 13.8 Å². The summed E-state index contributed by atoms with van der Waals surface area (Å²) in [6.45, 7) is 26.1. The first kappa shape index (κ1) is 49.0. The van der Waals surface area contributed by atoms with Crippen molar-refractivity contribution in [3.63, 3.8) is 0 Å². The third kappa shape index (κ3) is 17.1. The predicted octanol–water partition coefficient (Wildman–Crippen LogP) is 3.12. The minimum atomic E-state index is -0.613. The van der Waals surface area contributed by atoms with Crippen molar-refractivity contribution < 1.29 is 19.6 Å². The highest BCUT2D eigenvalue weighted by Crippen LogP contribution is 2.14. The molecule has 3 amide bonds. The number of likely N-dealkylation sites (N-methyl/N-ethyl adjacent to an activating group) is 1. The first-order valence-corrected chi connectivity index (χ1v) is 20.9. The summed E-state index contributed by atoms with van der Waals surface area (Å²) < 4.78 is 1.96. The fourth-order valence-electron chi connectivity index (χ4n) is 6.57. The first-order valence-electron chi connectivity index (χ1n) is 20.9. The van der Waals surface area contributed by atoms with E-state index in [4.69, 9.17) is 16.7 Å². The lowest BCUT2D eigenvalue weighted by atomic mass is 10.2. The fourth-order valence-corrected chi connectivity index (χ4v) is 6.57. The number of amides is 3. The third-order valence-electron chi connectivity index (χ3n) is 9.71. The van der Waals surface area contributed by atoms with E-state index >= 15 is 0 Å². The molecule has 322 valence electrons. The van der Waals surface area contributed by atoms with Crippen LogP contribution in [0.3, 0.4) is 0 Å². The second-order valence-electron chi connectivity index (χ2n) is 15.6. The number of nitrogens with zero attached hydrogens (tertiary/aromatic N) is 9. The number of likely N-dealkylation sites (tertiary alicyclic amines) is 1. The van der Waals surface area contributed by atoms with Gasteiger partial charge in [0.05, 0.1) is 22.8 Å². The van der Waals surface area contributed by atoms with Crippen molar-refractivity contribution in [3.05, 3.63) is 41.0 Å². The van der Waals surface area contributed by atoms with E-state index in [-0.39, 0.29) is 23.6 Å². The minimum absolute atomic E-state index is 0.00403. The van der Waals surface area contributed by atoms with Crippen LogP contribution >= 0.6 is 0 Å². The normalized spacial score (nSPS) is 18.7. The summed E-state index contributed by atoms with van der Waals surface area (Å²) in [7, 11) is 3.34. The van der Waals surface area contributed by atoms with Crippen LogP contribution in [0.2, 0.25) is 0 Å². The van der Waals surface area contributed by atoms with E-state index in [2.05, 4.69) is 69.8 Å². The van der Waals surface area contributed by atoms with Crippen LogP contribution in [0.25, 0.3) is 0 Å². The van der Waals surface area contributed by atoms with Crippen LogP contribution < -0.4 is 16.8 Å². The summed E-state index contributed by atoms with van der Waals surface area (Å²) in [6, 6.07) is 2.97. The maximum Gasteiger partial charge on any atom is 0.292 e. The van der Waals surface area contributed by atoms with Crippen molar-refractivity contribution in [2.75, 3.05) is 73.0 Å². The SMILES string of the molecule is CC.CC(C)N1CCCN=C(/C=C(\N)C(=O)N(C)O)C1.CC(C)N1CCCN=C(/C=C(\N)C(=O)N2CCCC2)C1.CC(C)NC(=O)c1cc2n(n1)CCCN(C)C2. The Morgan fingerprint density at radius 3 is 1.79 bits per heavy atom. The molecule has 0 aromatic carbocycles. The van der Waals surface area contributed by atoms with E-state index in [9.17, 15) is 14.4 Å². The van der Waals surface area contributed by atoms with Crippen LogP contribution in [0.1, 0.15) is 104 Å². The van der Waals surface area contributed by atoms with Crippen molar-refractivity contribution in [1.82, 2.24) is 39.8 Å². The number of hydrogen-bond acceptors (Lipinski definition) is 12. The molecular formula is C41H74N12O4. The number of nitrogens with one attached hydrogen (secondary N) is 1. The Bertz CT molecular complexity index is 1540. The number of carbonyl (C=O) groups excluding carboxylic acids is 3. The van der Waals surface area contributed by atoms with E-state index in [1.54, 1.807) is 12.2 Å². The van der Waals surface area contributed by atoms with Gasteiger partial charge in [0.15, 0.2) is 0 Å². The van der Waals surface area contributed by atoms with Gasteiger partial charge in [0.1, 0.15) is 11.4 Å². The van der Waals surface area contributed by atoms with E-state index in [1.807, 2.05) is 43.3 Å². The van der Waals surface area contributed by atoms with Gasteiger partial charge in [0, 0.05) is 97.2 Å². The Morgan fingerprint density at radius 1 is 0.772 bits per heavy atom. The lowest BCUT2D eigenvalue weighted by Crippen LogP contribution is -2.36. The molecule has 4 aliphatic heterocycles. The molecule has 0 atom stereocenters. The van der Waals surface area contributed by atoms with Gasteiger partial charge in [0.25, 0.3) is 17.7 Å². The Kier molecular flexibility index (Phi) is 21.7. The van der Waals surface area contributed by atoms with Gasteiger partial charge in [-0.3, -0.25) is 44.1 Å². The van der Waals surface area contributed by atoms with E-state index in [0.717, 1.165) is 115 Å². The Morgan fingerprint density at radius 2 is 1.30 bits per heavy atom.